The lowest BCUT2D eigenvalue weighted by molar-refractivity contribution is -0.116. The van der Waals surface area contributed by atoms with E-state index in [2.05, 4.69) is 17.2 Å². The number of aliphatic hydroxyl groups excluding tert-OH is 1. The van der Waals surface area contributed by atoms with Crippen LogP contribution in [0.5, 0.6) is 0 Å². The molecule has 0 unspecified atom stereocenters. The van der Waals surface area contributed by atoms with Crippen LogP contribution in [0.25, 0.3) is 0 Å². The summed E-state index contributed by atoms with van der Waals surface area (Å²) in [5.41, 5.74) is 0.840. The van der Waals surface area contributed by atoms with E-state index in [1.807, 2.05) is 6.92 Å². The van der Waals surface area contributed by atoms with Crippen molar-refractivity contribution in [2.45, 2.75) is 26.2 Å². The van der Waals surface area contributed by atoms with Crippen molar-refractivity contribution in [3.8, 4) is 11.8 Å². The molecule has 1 rings (SSSR count). The normalized spacial score (nSPS) is 9.50. The fourth-order valence-electron chi connectivity index (χ4n) is 1.41. The van der Waals surface area contributed by atoms with Gasteiger partial charge < -0.3 is 10.4 Å². The Kier molecular flexibility index (Phi) is 5.89. The van der Waals surface area contributed by atoms with Gasteiger partial charge in [-0.25, -0.2) is 4.39 Å². The zero-order valence-electron chi connectivity index (χ0n) is 10.3. The van der Waals surface area contributed by atoms with Gasteiger partial charge >= 0.3 is 0 Å². The maximum Gasteiger partial charge on any atom is 0.224 e. The summed E-state index contributed by atoms with van der Waals surface area (Å²) in [6, 6.07) is 3.97. The van der Waals surface area contributed by atoms with Gasteiger partial charge in [0.05, 0.1) is 11.3 Å². The van der Waals surface area contributed by atoms with Gasteiger partial charge in [-0.2, -0.15) is 0 Å². The predicted octanol–water partition coefficient (Wildman–Crippen LogP) is 2.30. The van der Waals surface area contributed by atoms with Gasteiger partial charge in [-0.05, 0) is 24.6 Å². The summed E-state index contributed by atoms with van der Waals surface area (Å²) in [4.78, 5) is 11.6. The number of carbonyl (C=O) groups is 1. The van der Waals surface area contributed by atoms with Gasteiger partial charge in [-0.3, -0.25) is 4.79 Å². The minimum Gasteiger partial charge on any atom is -0.384 e. The first kappa shape index (κ1) is 14.2. The van der Waals surface area contributed by atoms with Crippen LogP contribution < -0.4 is 5.32 Å². The number of nitrogens with one attached hydrogen (secondary N) is 1. The summed E-state index contributed by atoms with van der Waals surface area (Å²) in [5, 5.41) is 11.3. The van der Waals surface area contributed by atoms with Crippen LogP contribution in [-0.4, -0.2) is 17.6 Å². The quantitative estimate of drug-likeness (QED) is 0.804. The molecular formula is C14H16FNO2. The molecule has 3 nitrogen and oxygen atoms in total. The third-order valence-electron chi connectivity index (χ3n) is 2.32. The van der Waals surface area contributed by atoms with Crippen LogP contribution in [0.15, 0.2) is 18.2 Å². The van der Waals surface area contributed by atoms with Gasteiger partial charge in [0.2, 0.25) is 5.91 Å². The summed E-state index contributed by atoms with van der Waals surface area (Å²) in [6.45, 7) is 1.70. The second-order valence-electron chi connectivity index (χ2n) is 3.80. The maximum atomic E-state index is 13.1. The number of halogens is 1. The van der Waals surface area contributed by atoms with Crippen molar-refractivity contribution in [2.75, 3.05) is 11.9 Å². The van der Waals surface area contributed by atoms with Crippen LogP contribution in [0.1, 0.15) is 31.7 Å². The predicted molar refractivity (Wildman–Crippen MR) is 68.5 cm³/mol. The highest BCUT2D eigenvalue weighted by Gasteiger charge is 2.06. The molecule has 2 N–H and O–H groups in total. The molecule has 0 aliphatic heterocycles. The minimum absolute atomic E-state index is 0.115. The molecule has 1 aromatic carbocycles. The summed E-state index contributed by atoms with van der Waals surface area (Å²) in [7, 11) is 0. The first-order chi connectivity index (χ1) is 8.67. The van der Waals surface area contributed by atoms with Crippen molar-refractivity contribution in [2.24, 2.45) is 0 Å². The maximum absolute atomic E-state index is 13.1. The van der Waals surface area contributed by atoms with E-state index < -0.39 is 5.82 Å². The van der Waals surface area contributed by atoms with E-state index >= 15 is 0 Å². The van der Waals surface area contributed by atoms with E-state index in [0.29, 0.717) is 17.7 Å². The Morgan fingerprint density at radius 1 is 1.50 bits per heavy atom. The van der Waals surface area contributed by atoms with E-state index in [1.54, 1.807) is 0 Å². The van der Waals surface area contributed by atoms with Crippen LogP contribution in [0, 0.1) is 17.7 Å². The monoisotopic (exact) mass is 249 g/mol. The second-order valence-corrected chi connectivity index (χ2v) is 3.80. The Morgan fingerprint density at radius 2 is 2.28 bits per heavy atom. The smallest absolute Gasteiger partial charge is 0.224 e. The van der Waals surface area contributed by atoms with Crippen LogP contribution in [0.2, 0.25) is 0 Å². The Balaban J connectivity index is 2.84. The number of benzene rings is 1. The number of hydrogen-bond donors (Lipinski definition) is 2. The lowest BCUT2D eigenvalue weighted by Crippen LogP contribution is -2.12. The summed E-state index contributed by atoms with van der Waals surface area (Å²) >= 11 is 0. The van der Waals surface area contributed by atoms with Crippen LogP contribution in [0.4, 0.5) is 10.1 Å². The highest BCUT2D eigenvalue weighted by atomic mass is 19.1. The molecule has 0 saturated carbocycles. The molecular weight excluding hydrogens is 233 g/mol. The first-order valence-electron chi connectivity index (χ1n) is 5.86. The van der Waals surface area contributed by atoms with Gasteiger partial charge in [-0.15, -0.1) is 0 Å². The van der Waals surface area contributed by atoms with Gasteiger partial charge in [-0.1, -0.05) is 25.2 Å². The Morgan fingerprint density at radius 3 is 2.94 bits per heavy atom. The summed E-state index contributed by atoms with van der Waals surface area (Å²) in [6.07, 6.45) is 2.18. The highest BCUT2D eigenvalue weighted by molar-refractivity contribution is 5.92. The van der Waals surface area contributed by atoms with Crippen molar-refractivity contribution >= 4 is 11.6 Å². The molecule has 0 fully saturated rings. The molecule has 18 heavy (non-hydrogen) atoms. The minimum atomic E-state index is -0.427. The molecule has 0 atom stereocenters. The summed E-state index contributed by atoms with van der Waals surface area (Å²) in [5.74, 6) is 4.50. The third-order valence-corrected chi connectivity index (χ3v) is 2.32. The van der Waals surface area contributed by atoms with E-state index in [1.165, 1.54) is 18.2 Å². The van der Waals surface area contributed by atoms with Gasteiger partial charge in [0.15, 0.2) is 0 Å². The van der Waals surface area contributed by atoms with E-state index in [9.17, 15) is 9.18 Å². The van der Waals surface area contributed by atoms with E-state index in [4.69, 9.17) is 5.11 Å². The fraction of sp³-hybridized carbons (Fsp3) is 0.357. The Hall–Kier alpha value is -1.86. The van der Waals surface area contributed by atoms with Gasteiger partial charge in [0, 0.05) is 6.42 Å². The number of aliphatic hydroxyl groups is 1. The molecule has 4 heteroatoms. The van der Waals surface area contributed by atoms with Gasteiger partial charge in [0.25, 0.3) is 0 Å². The zero-order chi connectivity index (χ0) is 13.4. The molecule has 96 valence electrons. The molecule has 0 aliphatic carbocycles. The third kappa shape index (κ3) is 4.56. The second kappa shape index (κ2) is 7.46. The van der Waals surface area contributed by atoms with Crippen LogP contribution in [0.3, 0.4) is 0 Å². The molecule has 0 radical (unpaired) electrons. The number of amides is 1. The Bertz CT molecular complexity index is 474. The number of carbonyl (C=O) groups excluding carboxylic acids is 1. The van der Waals surface area contributed by atoms with Crippen molar-refractivity contribution < 1.29 is 14.3 Å². The van der Waals surface area contributed by atoms with E-state index in [-0.39, 0.29) is 12.5 Å². The topological polar surface area (TPSA) is 49.3 Å². The SMILES string of the molecule is CCCCC(=O)Nc1ccc(F)cc1C#CCO. The molecule has 1 aromatic rings. The molecule has 0 spiro atoms. The number of hydrogen-bond acceptors (Lipinski definition) is 2. The lowest BCUT2D eigenvalue weighted by Gasteiger charge is -2.07. The standard InChI is InChI=1S/C14H16FNO2/c1-2-3-6-14(18)16-13-8-7-12(15)10-11(13)5-4-9-17/h7-8,10,17H,2-3,6,9H2,1H3,(H,16,18). The van der Waals surface area contributed by atoms with Crippen LogP contribution >= 0.6 is 0 Å². The fourth-order valence-corrected chi connectivity index (χ4v) is 1.41. The van der Waals surface area contributed by atoms with Crippen molar-refractivity contribution in [1.29, 1.82) is 0 Å². The first-order valence-corrected chi connectivity index (χ1v) is 5.86. The summed E-state index contributed by atoms with van der Waals surface area (Å²) < 4.78 is 13.1. The molecule has 0 aliphatic rings. The number of unbranched alkanes of at least 4 members (excludes halogenated alkanes) is 1. The van der Waals surface area contributed by atoms with Crippen LogP contribution in [-0.2, 0) is 4.79 Å². The van der Waals surface area contributed by atoms with Gasteiger partial charge in [0.1, 0.15) is 12.4 Å². The molecule has 0 heterocycles. The number of anilines is 1. The van der Waals surface area contributed by atoms with Crippen molar-refractivity contribution in [3.05, 3.63) is 29.6 Å². The zero-order valence-corrected chi connectivity index (χ0v) is 10.3. The molecule has 0 bridgehead atoms. The average molecular weight is 249 g/mol. The average Bonchev–Trinajstić information content (AvgIpc) is 2.36. The molecule has 0 saturated heterocycles. The molecule has 1 amide bonds. The number of rotatable bonds is 4. The van der Waals surface area contributed by atoms with Crippen molar-refractivity contribution in [3.63, 3.8) is 0 Å². The Labute approximate surface area is 106 Å². The lowest BCUT2D eigenvalue weighted by atomic mass is 10.1. The van der Waals surface area contributed by atoms with E-state index in [0.717, 1.165) is 12.8 Å². The highest BCUT2D eigenvalue weighted by Crippen LogP contribution is 2.16. The largest absolute Gasteiger partial charge is 0.384 e. The van der Waals surface area contributed by atoms with Crippen molar-refractivity contribution in [1.82, 2.24) is 0 Å². The molecule has 0 aromatic heterocycles.